The Hall–Kier alpha value is -8.18. The summed E-state index contributed by atoms with van der Waals surface area (Å²) in [5.74, 6) is 0. The average Bonchev–Trinajstić information content (AvgIpc) is 3.31. The minimum Gasteiger partial charge on any atom is -0.310 e. The zero-order chi connectivity index (χ0) is 42.5. The van der Waals surface area contributed by atoms with Crippen LogP contribution in [0.25, 0.3) is 54.6 Å². The molecule has 0 unspecified atom stereocenters. The second-order valence-corrected chi connectivity index (χ2v) is 16.3. The summed E-state index contributed by atoms with van der Waals surface area (Å²) in [5.41, 5.74) is 16.6. The molecule has 0 aromatic heterocycles. The standard InChI is InChI=1S/C58H42N4/c1-37-5-21-45(22-6-37)61(46-23-7-38(2)8-24-46)55-33-53(44-19-15-42(36-60)16-20-44)54-34-56(62(47-25-9-39(3)10-26-47)48-27-11-40(4)12-28-48)51-31-29-49(43-17-13-41(35-59)14-18-43)50-30-32-52(55)58(54)57(50)51/h5-34H,1-4H3. The first-order chi connectivity index (χ1) is 30.3. The summed E-state index contributed by atoms with van der Waals surface area (Å²) in [6.07, 6.45) is 0. The van der Waals surface area contributed by atoms with Crippen molar-refractivity contribution in [3.63, 3.8) is 0 Å². The van der Waals surface area contributed by atoms with E-state index < -0.39 is 0 Å². The second kappa shape index (κ2) is 15.4. The van der Waals surface area contributed by atoms with Gasteiger partial charge < -0.3 is 9.80 Å². The number of anilines is 6. The van der Waals surface area contributed by atoms with Crippen molar-refractivity contribution in [3.8, 4) is 34.4 Å². The zero-order valence-electron chi connectivity index (χ0n) is 35.1. The first-order valence-electron chi connectivity index (χ1n) is 20.9. The number of hydrogen-bond acceptors (Lipinski definition) is 4. The largest absolute Gasteiger partial charge is 0.310 e. The van der Waals surface area contributed by atoms with E-state index in [2.05, 4.69) is 207 Å². The molecule has 10 rings (SSSR count). The van der Waals surface area contributed by atoms with Crippen LogP contribution in [0.4, 0.5) is 34.1 Å². The molecule has 0 saturated heterocycles. The molecule has 0 saturated carbocycles. The van der Waals surface area contributed by atoms with Gasteiger partial charge in [0.15, 0.2) is 0 Å². The molecular weight excluding hydrogens is 753 g/mol. The van der Waals surface area contributed by atoms with Gasteiger partial charge in [-0.3, -0.25) is 0 Å². The van der Waals surface area contributed by atoms with Gasteiger partial charge in [0.2, 0.25) is 0 Å². The average molecular weight is 795 g/mol. The van der Waals surface area contributed by atoms with Crippen LogP contribution in [0.3, 0.4) is 0 Å². The van der Waals surface area contributed by atoms with E-state index >= 15 is 0 Å². The molecule has 0 N–H and O–H groups in total. The van der Waals surface area contributed by atoms with E-state index in [1.165, 1.54) is 22.3 Å². The monoisotopic (exact) mass is 794 g/mol. The highest BCUT2D eigenvalue weighted by molar-refractivity contribution is 6.33. The summed E-state index contributed by atoms with van der Waals surface area (Å²) in [6, 6.07) is 69.4. The van der Waals surface area contributed by atoms with E-state index in [1.54, 1.807) is 0 Å². The van der Waals surface area contributed by atoms with Crippen LogP contribution in [-0.2, 0) is 0 Å². The molecule has 10 aromatic rings. The molecule has 0 amide bonds. The Kier molecular flexibility index (Phi) is 9.48. The summed E-state index contributed by atoms with van der Waals surface area (Å²) in [7, 11) is 0. The molecule has 0 radical (unpaired) electrons. The number of hydrogen-bond donors (Lipinski definition) is 0. The molecule has 62 heavy (non-hydrogen) atoms. The minimum atomic E-state index is 0.616. The third-order valence-electron chi connectivity index (χ3n) is 12.2. The van der Waals surface area contributed by atoms with Crippen LogP contribution in [0.1, 0.15) is 33.4 Å². The number of rotatable bonds is 8. The number of benzene rings is 10. The number of nitriles is 2. The van der Waals surface area contributed by atoms with Crippen molar-refractivity contribution >= 4 is 66.4 Å². The van der Waals surface area contributed by atoms with Crippen LogP contribution < -0.4 is 9.80 Å². The SMILES string of the molecule is Cc1ccc(N(c2ccc(C)cc2)c2cc3c(-c4ccc(C#N)cc4)cc(N(c4ccc(C)cc4)c4ccc(C)cc4)c4ccc5c(-c6ccc(C#N)cc6)ccc2c5c34)cc1. The van der Waals surface area contributed by atoms with E-state index in [0.717, 1.165) is 88.7 Å². The van der Waals surface area contributed by atoms with Crippen LogP contribution in [0.2, 0.25) is 0 Å². The van der Waals surface area contributed by atoms with Crippen molar-refractivity contribution in [1.82, 2.24) is 0 Å². The summed E-state index contributed by atoms with van der Waals surface area (Å²) in [6.45, 7) is 8.50. The van der Waals surface area contributed by atoms with Crippen LogP contribution in [-0.4, -0.2) is 0 Å². The highest BCUT2D eigenvalue weighted by atomic mass is 15.2. The molecule has 0 spiro atoms. The van der Waals surface area contributed by atoms with Crippen LogP contribution in [0.5, 0.6) is 0 Å². The van der Waals surface area contributed by atoms with Crippen molar-refractivity contribution < 1.29 is 0 Å². The second-order valence-electron chi connectivity index (χ2n) is 16.3. The van der Waals surface area contributed by atoms with E-state index in [-0.39, 0.29) is 0 Å². The van der Waals surface area contributed by atoms with Crippen LogP contribution in [0, 0.1) is 50.4 Å². The summed E-state index contributed by atoms with van der Waals surface area (Å²) < 4.78 is 0. The van der Waals surface area contributed by atoms with Crippen molar-refractivity contribution in [3.05, 3.63) is 215 Å². The molecule has 0 fully saturated rings. The van der Waals surface area contributed by atoms with Crippen molar-refractivity contribution in [2.24, 2.45) is 0 Å². The quantitative estimate of drug-likeness (QED) is 0.144. The van der Waals surface area contributed by atoms with Gasteiger partial charge in [0, 0.05) is 44.3 Å². The lowest BCUT2D eigenvalue weighted by molar-refractivity contribution is 1.28. The highest BCUT2D eigenvalue weighted by Gasteiger charge is 2.26. The molecule has 0 heterocycles. The third kappa shape index (κ3) is 6.65. The lowest BCUT2D eigenvalue weighted by Gasteiger charge is -2.31. The fourth-order valence-electron chi connectivity index (χ4n) is 8.88. The van der Waals surface area contributed by atoms with Gasteiger partial charge in [-0.2, -0.15) is 10.5 Å². The van der Waals surface area contributed by atoms with E-state index in [4.69, 9.17) is 0 Å². The molecule has 0 bridgehead atoms. The van der Waals surface area contributed by atoms with Gasteiger partial charge in [0.25, 0.3) is 0 Å². The first-order valence-corrected chi connectivity index (χ1v) is 20.9. The summed E-state index contributed by atoms with van der Waals surface area (Å²) in [4.78, 5) is 4.77. The topological polar surface area (TPSA) is 54.1 Å². The number of nitrogens with zero attached hydrogens (tertiary/aromatic N) is 4. The molecule has 0 aliphatic heterocycles. The third-order valence-corrected chi connectivity index (χ3v) is 12.2. The Morgan fingerprint density at radius 2 is 0.661 bits per heavy atom. The predicted molar refractivity (Wildman–Crippen MR) is 259 cm³/mol. The molecule has 0 atom stereocenters. The Morgan fingerprint density at radius 3 is 1.06 bits per heavy atom. The Morgan fingerprint density at radius 1 is 0.323 bits per heavy atom. The van der Waals surface area contributed by atoms with Gasteiger partial charge in [-0.1, -0.05) is 119 Å². The van der Waals surface area contributed by atoms with Crippen LogP contribution in [0.15, 0.2) is 182 Å². The van der Waals surface area contributed by atoms with Gasteiger partial charge in [-0.25, -0.2) is 0 Å². The summed E-state index contributed by atoms with van der Waals surface area (Å²) >= 11 is 0. The van der Waals surface area contributed by atoms with E-state index in [0.29, 0.717) is 11.1 Å². The van der Waals surface area contributed by atoms with Gasteiger partial charge >= 0.3 is 0 Å². The van der Waals surface area contributed by atoms with E-state index in [9.17, 15) is 10.5 Å². The fourth-order valence-corrected chi connectivity index (χ4v) is 8.88. The Balaban J connectivity index is 1.39. The van der Waals surface area contributed by atoms with Gasteiger partial charge in [-0.15, -0.1) is 0 Å². The fraction of sp³-hybridized carbons (Fsp3) is 0.0690. The van der Waals surface area contributed by atoms with Gasteiger partial charge in [0.05, 0.1) is 34.6 Å². The van der Waals surface area contributed by atoms with Crippen LogP contribution >= 0.6 is 0 Å². The normalized spacial score (nSPS) is 11.2. The molecule has 10 aromatic carbocycles. The zero-order valence-corrected chi connectivity index (χ0v) is 35.1. The minimum absolute atomic E-state index is 0.616. The molecule has 294 valence electrons. The molecule has 4 heteroatoms. The molecular formula is C58H42N4. The lowest BCUT2D eigenvalue weighted by atomic mass is 9.85. The van der Waals surface area contributed by atoms with Gasteiger partial charge in [0.1, 0.15) is 0 Å². The van der Waals surface area contributed by atoms with Crippen molar-refractivity contribution in [2.75, 3.05) is 9.80 Å². The number of aryl methyl sites for hydroxylation is 4. The predicted octanol–water partition coefficient (Wildman–Crippen LogP) is 15.8. The highest BCUT2D eigenvalue weighted by Crippen LogP contribution is 2.52. The maximum atomic E-state index is 9.88. The smallest absolute Gasteiger partial charge is 0.0991 e. The summed E-state index contributed by atoms with van der Waals surface area (Å²) in [5, 5.41) is 26.4. The first kappa shape index (κ1) is 38.0. The maximum Gasteiger partial charge on any atom is 0.0991 e. The van der Waals surface area contributed by atoms with Gasteiger partial charge in [-0.05, 0) is 146 Å². The van der Waals surface area contributed by atoms with E-state index in [1.807, 2.05) is 24.3 Å². The molecule has 0 aliphatic carbocycles. The molecule has 0 aliphatic rings. The maximum absolute atomic E-state index is 9.88. The Labute approximate surface area is 362 Å². The van der Waals surface area contributed by atoms with Crippen molar-refractivity contribution in [2.45, 2.75) is 27.7 Å². The lowest BCUT2D eigenvalue weighted by Crippen LogP contribution is -2.12. The molecule has 4 nitrogen and oxygen atoms in total. The van der Waals surface area contributed by atoms with Crippen molar-refractivity contribution in [1.29, 1.82) is 10.5 Å². The Bertz CT molecular complexity index is 3260.